The zero-order valence-corrected chi connectivity index (χ0v) is 19.6. The van der Waals surface area contributed by atoms with Crippen molar-refractivity contribution in [3.8, 4) is 17.1 Å². The Balaban J connectivity index is 1.56. The predicted molar refractivity (Wildman–Crippen MR) is 130 cm³/mol. The molecule has 0 bridgehead atoms. The van der Waals surface area contributed by atoms with Crippen molar-refractivity contribution in [1.82, 2.24) is 5.32 Å². The SMILES string of the molecule is COc1ccc2oc(=O)cc(N(Cc3ccc(-c4ccccc4C(F)(F)F)o3)C3CCNCC3)c2c1. The van der Waals surface area contributed by atoms with Gasteiger partial charge in [-0.1, -0.05) is 18.2 Å². The van der Waals surface area contributed by atoms with Crippen molar-refractivity contribution < 1.29 is 26.7 Å². The number of rotatable bonds is 6. The zero-order valence-electron chi connectivity index (χ0n) is 19.6. The summed E-state index contributed by atoms with van der Waals surface area (Å²) in [5.41, 5.74) is -0.155. The third kappa shape index (κ3) is 4.83. The van der Waals surface area contributed by atoms with Crippen LogP contribution in [0.5, 0.6) is 5.75 Å². The number of fused-ring (bicyclic) bond motifs is 1. The number of anilines is 1. The summed E-state index contributed by atoms with van der Waals surface area (Å²) < 4.78 is 57.4. The molecule has 2 aromatic carbocycles. The summed E-state index contributed by atoms with van der Waals surface area (Å²) in [6.45, 7) is 1.90. The van der Waals surface area contributed by atoms with Crippen LogP contribution < -0.4 is 20.6 Å². The van der Waals surface area contributed by atoms with Gasteiger partial charge in [0.25, 0.3) is 0 Å². The number of alkyl halides is 3. The lowest BCUT2D eigenvalue weighted by Crippen LogP contribution is -2.43. The molecule has 0 aliphatic carbocycles. The molecule has 0 unspecified atom stereocenters. The smallest absolute Gasteiger partial charge is 0.417 e. The van der Waals surface area contributed by atoms with Crippen LogP contribution in [-0.2, 0) is 12.7 Å². The van der Waals surface area contributed by atoms with Gasteiger partial charge in [-0.2, -0.15) is 13.2 Å². The molecule has 0 atom stereocenters. The third-order valence-electron chi connectivity index (χ3n) is 6.47. The largest absolute Gasteiger partial charge is 0.497 e. The minimum atomic E-state index is -4.50. The first kappa shape index (κ1) is 24.0. The minimum absolute atomic E-state index is 0.0137. The summed E-state index contributed by atoms with van der Waals surface area (Å²) in [5, 5.41) is 4.05. The highest BCUT2D eigenvalue weighted by Crippen LogP contribution is 2.38. The van der Waals surface area contributed by atoms with E-state index in [1.165, 1.54) is 18.2 Å². The summed E-state index contributed by atoms with van der Waals surface area (Å²) >= 11 is 0. The van der Waals surface area contributed by atoms with Crippen LogP contribution in [0.3, 0.4) is 0 Å². The Morgan fingerprint density at radius 2 is 1.81 bits per heavy atom. The highest BCUT2D eigenvalue weighted by Gasteiger charge is 2.34. The number of nitrogens with one attached hydrogen (secondary N) is 1. The molecule has 1 saturated heterocycles. The molecule has 188 valence electrons. The number of furan rings is 1. The fourth-order valence-electron chi connectivity index (χ4n) is 4.74. The number of ether oxygens (including phenoxy) is 1. The fourth-order valence-corrected chi connectivity index (χ4v) is 4.74. The maximum Gasteiger partial charge on any atom is 0.417 e. The molecule has 6 nitrogen and oxygen atoms in total. The van der Waals surface area contributed by atoms with Gasteiger partial charge in [-0.15, -0.1) is 0 Å². The molecule has 1 fully saturated rings. The van der Waals surface area contributed by atoms with Gasteiger partial charge in [0.15, 0.2) is 0 Å². The number of piperidine rings is 1. The highest BCUT2D eigenvalue weighted by molar-refractivity contribution is 5.91. The summed E-state index contributed by atoms with van der Waals surface area (Å²) in [6, 6.07) is 15.4. The molecule has 1 aliphatic rings. The second-order valence-electron chi connectivity index (χ2n) is 8.73. The average Bonchev–Trinajstić information content (AvgIpc) is 3.35. The van der Waals surface area contributed by atoms with E-state index in [0.717, 1.165) is 32.0 Å². The standard InChI is InChI=1S/C27H25F3N2O4/c1-34-18-6-8-25-21(14-18)23(15-26(33)36-25)32(17-10-12-31-13-11-17)16-19-7-9-24(35-19)20-4-2-3-5-22(20)27(28,29)30/h2-9,14-15,17,31H,10-13,16H2,1H3. The monoisotopic (exact) mass is 498 g/mol. The normalized spacial score (nSPS) is 14.8. The lowest BCUT2D eigenvalue weighted by atomic mass is 10.0. The van der Waals surface area contributed by atoms with Gasteiger partial charge in [0.05, 0.1) is 24.9 Å². The molecule has 3 heterocycles. The van der Waals surface area contributed by atoms with Gasteiger partial charge in [0.1, 0.15) is 22.9 Å². The first-order chi connectivity index (χ1) is 17.3. The van der Waals surface area contributed by atoms with Gasteiger partial charge in [-0.05, 0) is 62.3 Å². The average molecular weight is 499 g/mol. The lowest BCUT2D eigenvalue weighted by molar-refractivity contribution is -0.137. The lowest BCUT2D eigenvalue weighted by Gasteiger charge is -2.36. The Labute approximate surface area is 205 Å². The van der Waals surface area contributed by atoms with Gasteiger partial charge in [-0.3, -0.25) is 0 Å². The Hall–Kier alpha value is -3.72. The van der Waals surface area contributed by atoms with Crippen LogP contribution in [0.4, 0.5) is 18.9 Å². The number of halogens is 3. The van der Waals surface area contributed by atoms with Gasteiger partial charge in [-0.25, -0.2) is 4.79 Å². The predicted octanol–water partition coefficient (Wildman–Crippen LogP) is 5.84. The topological polar surface area (TPSA) is 67.8 Å². The second-order valence-corrected chi connectivity index (χ2v) is 8.73. The van der Waals surface area contributed by atoms with E-state index in [1.54, 1.807) is 37.4 Å². The Morgan fingerprint density at radius 1 is 1.03 bits per heavy atom. The molecule has 0 saturated carbocycles. The van der Waals surface area contributed by atoms with Crippen molar-refractivity contribution in [2.75, 3.05) is 25.1 Å². The molecule has 2 aromatic heterocycles. The Kier molecular flexibility index (Phi) is 6.49. The van der Waals surface area contributed by atoms with Crippen molar-refractivity contribution in [2.24, 2.45) is 0 Å². The highest BCUT2D eigenvalue weighted by atomic mass is 19.4. The number of methoxy groups -OCH3 is 1. The van der Waals surface area contributed by atoms with E-state index >= 15 is 0 Å². The summed E-state index contributed by atoms with van der Waals surface area (Å²) in [5.74, 6) is 1.25. The Morgan fingerprint density at radius 3 is 2.56 bits per heavy atom. The van der Waals surface area contributed by atoms with E-state index in [2.05, 4.69) is 10.2 Å². The summed E-state index contributed by atoms with van der Waals surface area (Å²) in [7, 11) is 1.56. The molecule has 9 heteroatoms. The quantitative estimate of drug-likeness (QED) is 0.337. The van der Waals surface area contributed by atoms with Crippen molar-refractivity contribution >= 4 is 16.7 Å². The van der Waals surface area contributed by atoms with Crippen LogP contribution in [0, 0.1) is 0 Å². The van der Waals surface area contributed by atoms with Crippen LogP contribution in [0.15, 0.2) is 74.3 Å². The van der Waals surface area contributed by atoms with Crippen LogP contribution in [0.25, 0.3) is 22.3 Å². The van der Waals surface area contributed by atoms with Crippen molar-refractivity contribution in [3.63, 3.8) is 0 Å². The molecular formula is C27H25F3N2O4. The first-order valence-corrected chi connectivity index (χ1v) is 11.7. The maximum absolute atomic E-state index is 13.6. The molecule has 5 rings (SSSR count). The fraction of sp³-hybridized carbons (Fsp3) is 0.296. The van der Waals surface area contributed by atoms with E-state index < -0.39 is 17.4 Å². The Bertz CT molecular complexity index is 1420. The van der Waals surface area contributed by atoms with E-state index in [9.17, 15) is 18.0 Å². The van der Waals surface area contributed by atoms with Crippen LogP contribution >= 0.6 is 0 Å². The van der Waals surface area contributed by atoms with Gasteiger partial charge < -0.3 is 23.8 Å². The number of nitrogens with zero attached hydrogens (tertiary/aromatic N) is 1. The van der Waals surface area contributed by atoms with E-state index in [1.807, 2.05) is 6.07 Å². The summed E-state index contributed by atoms with van der Waals surface area (Å²) in [4.78, 5) is 14.5. The third-order valence-corrected chi connectivity index (χ3v) is 6.47. The summed E-state index contributed by atoms with van der Waals surface area (Å²) in [6.07, 6.45) is -2.84. The van der Waals surface area contributed by atoms with Crippen molar-refractivity contribution in [3.05, 3.63) is 82.4 Å². The molecule has 1 aliphatic heterocycles. The molecule has 0 spiro atoms. The van der Waals surface area contributed by atoms with E-state index in [-0.39, 0.29) is 23.9 Å². The van der Waals surface area contributed by atoms with Crippen LogP contribution in [-0.4, -0.2) is 26.2 Å². The van der Waals surface area contributed by atoms with Crippen molar-refractivity contribution in [1.29, 1.82) is 0 Å². The van der Waals surface area contributed by atoms with E-state index in [0.29, 0.717) is 28.2 Å². The number of hydrogen-bond donors (Lipinski definition) is 1. The maximum atomic E-state index is 13.6. The van der Waals surface area contributed by atoms with Crippen LogP contribution in [0.2, 0.25) is 0 Å². The zero-order chi connectivity index (χ0) is 25.3. The first-order valence-electron chi connectivity index (χ1n) is 11.7. The second kappa shape index (κ2) is 9.73. The van der Waals surface area contributed by atoms with E-state index in [4.69, 9.17) is 13.6 Å². The molecule has 1 N–H and O–H groups in total. The van der Waals surface area contributed by atoms with Gasteiger partial charge >= 0.3 is 11.8 Å². The molecule has 0 amide bonds. The molecule has 36 heavy (non-hydrogen) atoms. The number of hydrogen-bond acceptors (Lipinski definition) is 6. The van der Waals surface area contributed by atoms with Gasteiger partial charge in [0, 0.05) is 23.1 Å². The molecule has 0 radical (unpaired) electrons. The van der Waals surface area contributed by atoms with Crippen molar-refractivity contribution in [2.45, 2.75) is 31.6 Å². The molecule has 4 aromatic rings. The molecular weight excluding hydrogens is 473 g/mol. The van der Waals surface area contributed by atoms with Crippen LogP contribution in [0.1, 0.15) is 24.2 Å². The minimum Gasteiger partial charge on any atom is -0.497 e. The number of benzene rings is 2. The van der Waals surface area contributed by atoms with Gasteiger partial charge in [0.2, 0.25) is 0 Å².